The number of rotatable bonds is 21. The Morgan fingerprint density at radius 1 is 0.448 bits per heavy atom. The Morgan fingerprint density at radius 2 is 0.724 bits per heavy atom. The van der Waals surface area contributed by atoms with Gasteiger partial charge in [0.25, 0.3) is 0 Å². The molecule has 0 bridgehead atoms. The van der Waals surface area contributed by atoms with Gasteiger partial charge in [0.05, 0.1) is 6.17 Å². The predicted octanol–water partition coefficient (Wildman–Crippen LogP) is 8.87. The Labute approximate surface area is 184 Å². The molecule has 29 heavy (non-hydrogen) atoms. The molecule has 0 aliphatic carbocycles. The van der Waals surface area contributed by atoms with Gasteiger partial charge in [-0.3, -0.25) is 0 Å². The van der Waals surface area contributed by atoms with E-state index in [0.717, 1.165) is 0 Å². The van der Waals surface area contributed by atoms with E-state index >= 15 is 0 Å². The smallest absolute Gasteiger partial charge is 0.0977 e. The summed E-state index contributed by atoms with van der Waals surface area (Å²) in [5.74, 6) is 0. The largest absolute Gasteiger partial charge is 0.356 e. The van der Waals surface area contributed by atoms with Crippen molar-refractivity contribution in [1.82, 2.24) is 9.80 Å². The molecule has 0 aromatic heterocycles. The highest BCUT2D eigenvalue weighted by Crippen LogP contribution is 2.18. The van der Waals surface area contributed by atoms with E-state index in [1.54, 1.807) is 0 Å². The Morgan fingerprint density at radius 3 is 1.03 bits per heavy atom. The Bertz CT molecular complexity index is 366. The zero-order valence-corrected chi connectivity index (χ0v) is 20.5. The molecule has 0 N–H and O–H groups in total. The lowest BCUT2D eigenvalue weighted by molar-refractivity contribution is 0.165. The average Bonchev–Trinajstić information content (AvgIpc) is 3.08. The quantitative estimate of drug-likeness (QED) is 0.176. The molecule has 0 fully saturated rings. The average molecular weight is 407 g/mol. The summed E-state index contributed by atoms with van der Waals surface area (Å²) in [6.07, 6.45) is 32.3. The lowest BCUT2D eigenvalue weighted by atomic mass is 10.0. The zero-order valence-electron chi connectivity index (χ0n) is 20.5. The number of nitrogens with zero attached hydrogens (tertiary/aromatic N) is 2. The van der Waals surface area contributed by atoms with Gasteiger partial charge in [0.2, 0.25) is 0 Å². The molecule has 0 radical (unpaired) electrons. The van der Waals surface area contributed by atoms with Crippen LogP contribution in [0.5, 0.6) is 0 Å². The third-order valence-corrected chi connectivity index (χ3v) is 6.70. The van der Waals surface area contributed by atoms with Crippen molar-refractivity contribution in [3.63, 3.8) is 0 Å². The normalized spacial score (nSPS) is 16.3. The molecular formula is C27H54N2. The third-order valence-electron chi connectivity index (χ3n) is 6.70. The molecule has 1 unspecified atom stereocenters. The van der Waals surface area contributed by atoms with Crippen molar-refractivity contribution in [3.05, 3.63) is 12.4 Å². The van der Waals surface area contributed by atoms with Gasteiger partial charge in [0, 0.05) is 25.5 Å². The Hall–Kier alpha value is -0.660. The predicted molar refractivity (Wildman–Crippen MR) is 131 cm³/mol. The minimum Gasteiger partial charge on any atom is -0.356 e. The molecule has 172 valence electrons. The summed E-state index contributed by atoms with van der Waals surface area (Å²) >= 11 is 0. The zero-order chi connectivity index (χ0) is 21.0. The van der Waals surface area contributed by atoms with E-state index in [9.17, 15) is 0 Å². The first-order chi connectivity index (χ1) is 14.3. The molecule has 2 heteroatoms. The van der Waals surface area contributed by atoms with Crippen molar-refractivity contribution in [3.8, 4) is 0 Å². The minimum absolute atomic E-state index is 0.572. The lowest BCUT2D eigenvalue weighted by Crippen LogP contribution is -2.36. The minimum atomic E-state index is 0.572. The van der Waals surface area contributed by atoms with E-state index in [0.29, 0.717) is 6.17 Å². The van der Waals surface area contributed by atoms with Gasteiger partial charge < -0.3 is 9.80 Å². The first-order valence-corrected chi connectivity index (χ1v) is 13.5. The van der Waals surface area contributed by atoms with E-state index in [-0.39, 0.29) is 0 Å². The lowest BCUT2D eigenvalue weighted by Gasteiger charge is -2.30. The van der Waals surface area contributed by atoms with E-state index in [2.05, 4.69) is 43.0 Å². The van der Waals surface area contributed by atoms with Gasteiger partial charge in [-0.1, -0.05) is 123 Å². The second-order valence-corrected chi connectivity index (χ2v) is 9.42. The van der Waals surface area contributed by atoms with E-state index in [1.165, 1.54) is 135 Å². The first kappa shape index (κ1) is 26.4. The number of hydrogen-bond acceptors (Lipinski definition) is 2. The molecule has 0 aromatic carbocycles. The van der Waals surface area contributed by atoms with Crippen LogP contribution in [0.2, 0.25) is 0 Å². The molecule has 0 saturated carbocycles. The summed E-state index contributed by atoms with van der Waals surface area (Å²) in [7, 11) is 0. The molecule has 0 spiro atoms. The maximum Gasteiger partial charge on any atom is 0.0977 e. The fourth-order valence-electron chi connectivity index (χ4n) is 4.52. The molecule has 1 rings (SSSR count). The molecule has 1 heterocycles. The Kier molecular flexibility index (Phi) is 17.6. The second kappa shape index (κ2) is 19.3. The van der Waals surface area contributed by atoms with Crippen molar-refractivity contribution < 1.29 is 0 Å². The molecule has 1 aliphatic heterocycles. The van der Waals surface area contributed by atoms with Crippen molar-refractivity contribution >= 4 is 0 Å². The summed E-state index contributed by atoms with van der Waals surface area (Å²) in [4.78, 5) is 5.09. The summed E-state index contributed by atoms with van der Waals surface area (Å²) in [6.45, 7) is 9.44. The second-order valence-electron chi connectivity index (χ2n) is 9.42. The van der Waals surface area contributed by atoms with Gasteiger partial charge >= 0.3 is 0 Å². The van der Waals surface area contributed by atoms with Crippen molar-refractivity contribution in [1.29, 1.82) is 0 Å². The molecule has 2 nitrogen and oxygen atoms in total. The summed E-state index contributed by atoms with van der Waals surface area (Å²) < 4.78 is 0. The fraction of sp³-hybridized carbons (Fsp3) is 0.926. The molecular weight excluding hydrogens is 352 g/mol. The standard InChI is InChI=1S/C27H54N2/c1-4-6-8-10-12-13-14-15-16-17-18-20-22-24-29-26-25-28(27(29)3)23-21-19-11-9-7-5-2/h25-27H,4-24H2,1-3H3. The highest BCUT2D eigenvalue weighted by atomic mass is 15.4. The third kappa shape index (κ3) is 14.1. The van der Waals surface area contributed by atoms with Crippen LogP contribution in [0.1, 0.15) is 143 Å². The highest BCUT2D eigenvalue weighted by Gasteiger charge is 2.20. The monoisotopic (exact) mass is 406 g/mol. The highest BCUT2D eigenvalue weighted by molar-refractivity contribution is 4.95. The van der Waals surface area contributed by atoms with Gasteiger partial charge in [-0.2, -0.15) is 0 Å². The SMILES string of the molecule is CCCCCCCCCCCCCCCN1C=CN(CCCCCCCC)C1C. The van der Waals surface area contributed by atoms with Gasteiger partial charge in [-0.15, -0.1) is 0 Å². The maximum absolute atomic E-state index is 2.55. The van der Waals surface area contributed by atoms with Crippen LogP contribution in [0.15, 0.2) is 12.4 Å². The number of unbranched alkanes of at least 4 members (excludes halogenated alkanes) is 17. The molecule has 1 atom stereocenters. The van der Waals surface area contributed by atoms with Crippen LogP contribution in [-0.2, 0) is 0 Å². The molecule has 0 amide bonds. The van der Waals surface area contributed by atoms with Gasteiger partial charge in [0.15, 0.2) is 0 Å². The van der Waals surface area contributed by atoms with Crippen LogP contribution in [0.25, 0.3) is 0 Å². The molecule has 0 saturated heterocycles. The van der Waals surface area contributed by atoms with Crippen LogP contribution in [0.3, 0.4) is 0 Å². The van der Waals surface area contributed by atoms with Crippen molar-refractivity contribution in [2.45, 2.75) is 149 Å². The van der Waals surface area contributed by atoms with Crippen molar-refractivity contribution in [2.24, 2.45) is 0 Å². The maximum atomic E-state index is 2.55. The van der Waals surface area contributed by atoms with Crippen LogP contribution in [-0.4, -0.2) is 29.1 Å². The van der Waals surface area contributed by atoms with Crippen LogP contribution in [0.4, 0.5) is 0 Å². The molecule has 0 aromatic rings. The van der Waals surface area contributed by atoms with Gasteiger partial charge in [-0.25, -0.2) is 0 Å². The molecule has 1 aliphatic rings. The summed E-state index contributed by atoms with van der Waals surface area (Å²) in [6, 6.07) is 0. The first-order valence-electron chi connectivity index (χ1n) is 13.5. The summed E-state index contributed by atoms with van der Waals surface area (Å²) in [5, 5.41) is 0. The Balaban J connectivity index is 1.87. The van der Waals surface area contributed by atoms with E-state index < -0.39 is 0 Å². The summed E-state index contributed by atoms with van der Waals surface area (Å²) in [5.41, 5.74) is 0. The van der Waals surface area contributed by atoms with Crippen molar-refractivity contribution in [2.75, 3.05) is 13.1 Å². The fourth-order valence-corrected chi connectivity index (χ4v) is 4.52. The van der Waals surface area contributed by atoms with Gasteiger partial charge in [0.1, 0.15) is 0 Å². The van der Waals surface area contributed by atoms with E-state index in [4.69, 9.17) is 0 Å². The van der Waals surface area contributed by atoms with Gasteiger partial charge in [-0.05, 0) is 19.8 Å². The topological polar surface area (TPSA) is 6.48 Å². The van der Waals surface area contributed by atoms with Crippen LogP contribution >= 0.6 is 0 Å². The van der Waals surface area contributed by atoms with Crippen LogP contribution < -0.4 is 0 Å². The van der Waals surface area contributed by atoms with Crippen LogP contribution in [0, 0.1) is 0 Å². The van der Waals surface area contributed by atoms with E-state index in [1.807, 2.05) is 0 Å². The number of hydrogen-bond donors (Lipinski definition) is 0.